The minimum Gasteiger partial charge on any atom is -0.378 e. The summed E-state index contributed by atoms with van der Waals surface area (Å²) in [6, 6.07) is 6.82. The molecule has 0 aliphatic carbocycles. The summed E-state index contributed by atoms with van der Waals surface area (Å²) in [5.41, 5.74) is 4.12. The molecule has 2 nitrogen and oxygen atoms in total. The van der Waals surface area contributed by atoms with Crippen molar-refractivity contribution in [2.45, 2.75) is 19.9 Å². The third-order valence-electron chi connectivity index (χ3n) is 2.81. The molecule has 0 bridgehead atoms. The molecule has 2 rings (SSSR count). The average molecular weight is 228 g/mol. The lowest BCUT2D eigenvalue weighted by Gasteiger charge is -2.26. The number of hydrogen-bond donors (Lipinski definition) is 1. The summed E-state index contributed by atoms with van der Waals surface area (Å²) in [6.07, 6.45) is 0. The summed E-state index contributed by atoms with van der Waals surface area (Å²) < 4.78 is 5.48. The van der Waals surface area contributed by atoms with E-state index in [1.54, 1.807) is 0 Å². The highest BCUT2D eigenvalue weighted by atomic mass is 35.5. The lowest BCUT2D eigenvalue weighted by Crippen LogP contribution is -2.35. The van der Waals surface area contributed by atoms with Crippen LogP contribution in [0, 0.1) is 13.8 Å². The fourth-order valence-electron chi connectivity index (χ4n) is 2.13. The molecule has 15 heavy (non-hydrogen) atoms. The summed E-state index contributed by atoms with van der Waals surface area (Å²) >= 11 is 0. The molecule has 1 aliphatic heterocycles. The Hall–Kier alpha value is -0.570. The maximum absolute atomic E-state index is 5.48. The van der Waals surface area contributed by atoms with Crippen LogP contribution in [0.2, 0.25) is 0 Å². The quantitative estimate of drug-likeness (QED) is 0.796. The molecule has 0 radical (unpaired) electrons. The summed E-state index contributed by atoms with van der Waals surface area (Å²) in [4.78, 5) is 0. The number of ether oxygens (including phenoxy) is 1. The zero-order valence-electron chi connectivity index (χ0n) is 9.25. The van der Waals surface area contributed by atoms with Gasteiger partial charge >= 0.3 is 0 Å². The van der Waals surface area contributed by atoms with Gasteiger partial charge in [-0.1, -0.05) is 18.2 Å². The molecule has 1 atom stereocenters. The predicted octanol–water partition coefficient (Wildman–Crippen LogP) is 2.39. The van der Waals surface area contributed by atoms with Gasteiger partial charge in [-0.2, -0.15) is 0 Å². The van der Waals surface area contributed by atoms with Crippen molar-refractivity contribution in [1.82, 2.24) is 5.32 Å². The van der Waals surface area contributed by atoms with Crippen molar-refractivity contribution in [1.29, 1.82) is 0 Å². The van der Waals surface area contributed by atoms with Gasteiger partial charge in [0.05, 0.1) is 19.3 Å². The molecule has 1 aromatic carbocycles. The molecule has 0 aromatic heterocycles. The topological polar surface area (TPSA) is 21.3 Å². The van der Waals surface area contributed by atoms with Gasteiger partial charge < -0.3 is 10.1 Å². The molecule has 1 saturated heterocycles. The third-order valence-corrected chi connectivity index (χ3v) is 2.81. The molecule has 1 fully saturated rings. The first-order chi connectivity index (χ1) is 6.79. The first kappa shape index (κ1) is 12.5. The van der Waals surface area contributed by atoms with Gasteiger partial charge in [-0.3, -0.25) is 0 Å². The van der Waals surface area contributed by atoms with E-state index in [1.165, 1.54) is 16.7 Å². The zero-order valence-corrected chi connectivity index (χ0v) is 10.1. The van der Waals surface area contributed by atoms with Crippen molar-refractivity contribution >= 4 is 12.4 Å². The molecule has 1 heterocycles. The van der Waals surface area contributed by atoms with Crippen molar-refractivity contribution in [2.24, 2.45) is 0 Å². The molecule has 0 amide bonds. The Kier molecular flexibility index (Phi) is 4.58. The van der Waals surface area contributed by atoms with Crippen molar-refractivity contribution in [3.05, 3.63) is 34.9 Å². The van der Waals surface area contributed by atoms with E-state index < -0.39 is 0 Å². The largest absolute Gasteiger partial charge is 0.378 e. The fraction of sp³-hybridized carbons (Fsp3) is 0.500. The third kappa shape index (κ3) is 2.71. The van der Waals surface area contributed by atoms with Crippen molar-refractivity contribution < 1.29 is 4.74 Å². The van der Waals surface area contributed by atoms with Gasteiger partial charge in [-0.15, -0.1) is 12.4 Å². The molecule has 1 N–H and O–H groups in total. The SMILES string of the molecule is Cc1cccc(C)c1[C@@H]1COCCN1.Cl. The second-order valence-electron chi connectivity index (χ2n) is 3.89. The molecule has 0 spiro atoms. The number of hydrogen-bond acceptors (Lipinski definition) is 2. The zero-order chi connectivity index (χ0) is 9.97. The second kappa shape index (κ2) is 5.50. The number of morpholine rings is 1. The van der Waals surface area contributed by atoms with Crippen LogP contribution in [0.5, 0.6) is 0 Å². The number of rotatable bonds is 1. The van der Waals surface area contributed by atoms with Gasteiger partial charge in [-0.25, -0.2) is 0 Å². The minimum absolute atomic E-state index is 0. The maximum Gasteiger partial charge on any atom is 0.0662 e. The van der Waals surface area contributed by atoms with Crippen LogP contribution in [0.3, 0.4) is 0 Å². The van der Waals surface area contributed by atoms with Gasteiger partial charge in [0, 0.05) is 6.54 Å². The van der Waals surface area contributed by atoms with Crippen molar-refractivity contribution in [3.63, 3.8) is 0 Å². The first-order valence-electron chi connectivity index (χ1n) is 5.16. The first-order valence-corrected chi connectivity index (χ1v) is 5.16. The lowest BCUT2D eigenvalue weighted by molar-refractivity contribution is 0.0765. The Labute approximate surface area is 97.4 Å². The van der Waals surface area contributed by atoms with Gasteiger partial charge in [0.25, 0.3) is 0 Å². The molecule has 1 aromatic rings. The monoisotopic (exact) mass is 227 g/mol. The van der Waals surface area contributed by atoms with E-state index in [9.17, 15) is 0 Å². The average Bonchev–Trinajstić information content (AvgIpc) is 2.19. The minimum atomic E-state index is 0. The van der Waals surface area contributed by atoms with Gasteiger partial charge in [0.15, 0.2) is 0 Å². The highest BCUT2D eigenvalue weighted by Gasteiger charge is 2.18. The highest BCUT2D eigenvalue weighted by Crippen LogP contribution is 2.23. The van der Waals surface area contributed by atoms with Crippen LogP contribution < -0.4 is 5.32 Å². The molecular formula is C12H18ClNO. The van der Waals surface area contributed by atoms with Crippen molar-refractivity contribution in [2.75, 3.05) is 19.8 Å². The van der Waals surface area contributed by atoms with Crippen LogP contribution in [0.25, 0.3) is 0 Å². The number of nitrogens with one attached hydrogen (secondary N) is 1. The molecule has 0 unspecified atom stereocenters. The Bertz CT molecular complexity index is 301. The standard InChI is InChI=1S/C12H17NO.ClH/c1-9-4-3-5-10(2)12(9)11-8-14-7-6-13-11;/h3-5,11,13H,6-8H2,1-2H3;1H/t11-;/m0./s1. The van der Waals surface area contributed by atoms with E-state index in [0.717, 1.165) is 19.8 Å². The maximum atomic E-state index is 5.48. The Morgan fingerprint density at radius 1 is 1.27 bits per heavy atom. The summed E-state index contributed by atoms with van der Waals surface area (Å²) in [6.45, 7) is 6.92. The van der Waals surface area contributed by atoms with Crippen LogP contribution in [-0.2, 0) is 4.74 Å². The van der Waals surface area contributed by atoms with Crippen LogP contribution in [0.1, 0.15) is 22.7 Å². The Morgan fingerprint density at radius 3 is 2.47 bits per heavy atom. The van der Waals surface area contributed by atoms with Crippen molar-refractivity contribution in [3.8, 4) is 0 Å². The number of benzene rings is 1. The summed E-state index contributed by atoms with van der Waals surface area (Å²) in [5, 5.41) is 3.49. The summed E-state index contributed by atoms with van der Waals surface area (Å²) in [7, 11) is 0. The molecule has 3 heteroatoms. The normalized spacial score (nSPS) is 20.8. The number of aryl methyl sites for hydroxylation is 2. The molecule has 0 saturated carbocycles. The van der Waals surface area contributed by atoms with Gasteiger partial charge in [-0.05, 0) is 30.5 Å². The Balaban J connectivity index is 0.00000112. The highest BCUT2D eigenvalue weighted by molar-refractivity contribution is 5.85. The van der Waals surface area contributed by atoms with Gasteiger partial charge in [0.2, 0.25) is 0 Å². The fourth-order valence-corrected chi connectivity index (χ4v) is 2.13. The van der Waals surface area contributed by atoms with Crippen LogP contribution in [0.15, 0.2) is 18.2 Å². The van der Waals surface area contributed by atoms with Crippen LogP contribution >= 0.6 is 12.4 Å². The van der Waals surface area contributed by atoms with Crippen LogP contribution in [-0.4, -0.2) is 19.8 Å². The smallest absolute Gasteiger partial charge is 0.0662 e. The van der Waals surface area contributed by atoms with E-state index in [-0.39, 0.29) is 12.4 Å². The van der Waals surface area contributed by atoms with E-state index in [2.05, 4.69) is 37.4 Å². The molecular weight excluding hydrogens is 210 g/mol. The second-order valence-corrected chi connectivity index (χ2v) is 3.89. The van der Waals surface area contributed by atoms with E-state index in [0.29, 0.717) is 6.04 Å². The number of halogens is 1. The van der Waals surface area contributed by atoms with Gasteiger partial charge in [0.1, 0.15) is 0 Å². The predicted molar refractivity (Wildman–Crippen MR) is 64.7 cm³/mol. The van der Waals surface area contributed by atoms with E-state index in [1.807, 2.05) is 0 Å². The summed E-state index contributed by atoms with van der Waals surface area (Å²) in [5.74, 6) is 0. The van der Waals surface area contributed by atoms with Crippen LogP contribution in [0.4, 0.5) is 0 Å². The molecule has 84 valence electrons. The lowest BCUT2D eigenvalue weighted by atomic mass is 9.96. The Morgan fingerprint density at radius 2 is 1.93 bits per heavy atom. The van der Waals surface area contributed by atoms with E-state index >= 15 is 0 Å². The van der Waals surface area contributed by atoms with E-state index in [4.69, 9.17) is 4.74 Å². The molecule has 1 aliphatic rings.